The zero-order valence-electron chi connectivity index (χ0n) is 11.9. The third kappa shape index (κ3) is 2.88. The van der Waals surface area contributed by atoms with Gasteiger partial charge in [0.2, 0.25) is 5.78 Å². The average molecular weight is 290 g/mol. The third-order valence-electron chi connectivity index (χ3n) is 3.43. The molecule has 0 heterocycles. The van der Waals surface area contributed by atoms with Gasteiger partial charge >= 0.3 is 5.97 Å². The summed E-state index contributed by atoms with van der Waals surface area (Å²) < 4.78 is 5.10. The van der Waals surface area contributed by atoms with Crippen LogP contribution in [0, 0.1) is 0 Å². The second-order valence-electron chi connectivity index (χ2n) is 4.89. The summed E-state index contributed by atoms with van der Waals surface area (Å²) in [7, 11) is 0. The Bertz CT molecular complexity index is 817. The van der Waals surface area contributed by atoms with E-state index in [0.29, 0.717) is 11.1 Å². The zero-order valence-corrected chi connectivity index (χ0v) is 11.9. The smallest absolute Gasteiger partial charge is 0.338 e. The zero-order chi connectivity index (χ0) is 15.4. The van der Waals surface area contributed by atoms with E-state index in [-0.39, 0.29) is 12.4 Å². The van der Waals surface area contributed by atoms with Crippen molar-refractivity contribution in [3.05, 3.63) is 83.9 Å². The third-order valence-corrected chi connectivity index (χ3v) is 3.43. The Morgan fingerprint density at radius 3 is 2.27 bits per heavy atom. The number of rotatable bonds is 4. The topological polar surface area (TPSA) is 43.4 Å². The van der Waals surface area contributed by atoms with Crippen LogP contribution in [0.25, 0.3) is 10.8 Å². The van der Waals surface area contributed by atoms with Gasteiger partial charge in [0.1, 0.15) is 0 Å². The fourth-order valence-corrected chi connectivity index (χ4v) is 2.33. The summed E-state index contributed by atoms with van der Waals surface area (Å²) in [6.45, 7) is -0.262. The van der Waals surface area contributed by atoms with Crippen LogP contribution in [0.15, 0.2) is 72.8 Å². The van der Waals surface area contributed by atoms with E-state index >= 15 is 0 Å². The minimum absolute atomic E-state index is 0.207. The maximum atomic E-state index is 12.3. The number of benzene rings is 3. The van der Waals surface area contributed by atoms with Gasteiger partial charge in [-0.05, 0) is 22.9 Å². The van der Waals surface area contributed by atoms with E-state index in [1.54, 1.807) is 30.3 Å². The Morgan fingerprint density at radius 1 is 0.773 bits per heavy atom. The number of carbonyl (C=O) groups is 2. The Hall–Kier alpha value is -2.94. The first-order chi connectivity index (χ1) is 10.8. The number of fused-ring (bicyclic) bond motifs is 1. The van der Waals surface area contributed by atoms with Gasteiger partial charge in [0, 0.05) is 5.56 Å². The Morgan fingerprint density at radius 2 is 1.45 bits per heavy atom. The first-order valence-corrected chi connectivity index (χ1v) is 6.99. The molecule has 0 spiro atoms. The van der Waals surface area contributed by atoms with E-state index in [2.05, 4.69) is 0 Å². The molecule has 0 aliphatic heterocycles. The van der Waals surface area contributed by atoms with Gasteiger partial charge in [0.25, 0.3) is 0 Å². The molecule has 0 atom stereocenters. The van der Waals surface area contributed by atoms with Gasteiger partial charge < -0.3 is 4.74 Å². The maximum Gasteiger partial charge on any atom is 0.338 e. The van der Waals surface area contributed by atoms with Crippen molar-refractivity contribution in [2.24, 2.45) is 0 Å². The second kappa shape index (κ2) is 6.22. The monoisotopic (exact) mass is 290 g/mol. The van der Waals surface area contributed by atoms with E-state index in [4.69, 9.17) is 4.74 Å². The van der Waals surface area contributed by atoms with Crippen molar-refractivity contribution in [2.45, 2.75) is 0 Å². The van der Waals surface area contributed by atoms with Crippen LogP contribution >= 0.6 is 0 Å². The molecule has 0 N–H and O–H groups in total. The average Bonchev–Trinajstić information content (AvgIpc) is 2.59. The van der Waals surface area contributed by atoms with Gasteiger partial charge in [-0.2, -0.15) is 0 Å². The predicted molar refractivity (Wildman–Crippen MR) is 85.0 cm³/mol. The van der Waals surface area contributed by atoms with Crippen LogP contribution in [0.5, 0.6) is 0 Å². The second-order valence-corrected chi connectivity index (χ2v) is 4.89. The van der Waals surface area contributed by atoms with Crippen LogP contribution in [-0.2, 0) is 4.74 Å². The molecule has 0 aliphatic carbocycles. The van der Waals surface area contributed by atoms with Crippen LogP contribution in [-0.4, -0.2) is 18.4 Å². The van der Waals surface area contributed by atoms with Crippen molar-refractivity contribution < 1.29 is 14.3 Å². The first kappa shape index (κ1) is 14.0. The van der Waals surface area contributed by atoms with E-state index in [1.165, 1.54) is 0 Å². The molecule has 0 aromatic heterocycles. The Labute approximate surface area is 128 Å². The number of carbonyl (C=O) groups excluding carboxylic acids is 2. The summed E-state index contributed by atoms with van der Waals surface area (Å²) in [4.78, 5) is 24.2. The molecular weight excluding hydrogens is 276 g/mol. The molecule has 3 aromatic rings. The molecule has 3 rings (SSSR count). The fraction of sp³-hybridized carbons (Fsp3) is 0.0526. The molecule has 0 amide bonds. The molecule has 3 aromatic carbocycles. The quantitative estimate of drug-likeness (QED) is 0.541. The molecule has 108 valence electrons. The predicted octanol–water partition coefficient (Wildman–Crippen LogP) is 3.88. The van der Waals surface area contributed by atoms with E-state index < -0.39 is 5.97 Å². The highest BCUT2D eigenvalue weighted by molar-refractivity contribution is 6.09. The number of hydrogen-bond donors (Lipinski definition) is 0. The van der Waals surface area contributed by atoms with Crippen molar-refractivity contribution in [1.82, 2.24) is 0 Å². The summed E-state index contributed by atoms with van der Waals surface area (Å²) >= 11 is 0. The van der Waals surface area contributed by atoms with Crippen molar-refractivity contribution >= 4 is 22.5 Å². The summed E-state index contributed by atoms with van der Waals surface area (Å²) in [5.41, 5.74) is 1.01. The molecule has 0 aliphatic rings. The number of esters is 1. The van der Waals surface area contributed by atoms with E-state index in [1.807, 2.05) is 42.5 Å². The molecule has 0 saturated carbocycles. The number of ketones is 1. The van der Waals surface area contributed by atoms with Crippen LogP contribution < -0.4 is 0 Å². The number of Topliss-reactive ketones (excluding diaryl/α,β-unsaturated/α-hetero) is 1. The van der Waals surface area contributed by atoms with Crippen molar-refractivity contribution in [2.75, 3.05) is 6.61 Å². The highest BCUT2D eigenvalue weighted by Crippen LogP contribution is 2.19. The molecule has 0 unspecified atom stereocenters. The van der Waals surface area contributed by atoms with Crippen LogP contribution in [0.3, 0.4) is 0 Å². The fourth-order valence-electron chi connectivity index (χ4n) is 2.33. The number of ether oxygens (including phenoxy) is 1. The Kier molecular flexibility index (Phi) is 3.97. The van der Waals surface area contributed by atoms with Crippen LogP contribution in [0.1, 0.15) is 20.7 Å². The summed E-state index contributed by atoms with van der Waals surface area (Å²) in [5, 5.41) is 1.86. The lowest BCUT2D eigenvalue weighted by Crippen LogP contribution is -2.14. The largest absolute Gasteiger partial charge is 0.454 e. The lowest BCUT2D eigenvalue weighted by molar-refractivity contribution is 0.0475. The molecule has 0 fully saturated rings. The minimum atomic E-state index is -0.491. The van der Waals surface area contributed by atoms with Gasteiger partial charge in [-0.25, -0.2) is 4.79 Å². The summed E-state index contributed by atoms with van der Waals surface area (Å²) in [5.74, 6) is -0.699. The molecule has 3 nitrogen and oxygen atoms in total. The molecule has 3 heteroatoms. The summed E-state index contributed by atoms with van der Waals surface area (Å²) in [6.07, 6.45) is 0. The molecule has 22 heavy (non-hydrogen) atoms. The molecular formula is C19H14O3. The van der Waals surface area contributed by atoms with Gasteiger partial charge in [-0.1, -0.05) is 60.7 Å². The summed E-state index contributed by atoms with van der Waals surface area (Å²) in [6, 6.07) is 21.8. The minimum Gasteiger partial charge on any atom is -0.454 e. The Balaban J connectivity index is 1.76. The SMILES string of the molecule is O=C(OCC(=O)c1cccc2ccccc12)c1ccccc1. The first-order valence-electron chi connectivity index (χ1n) is 6.99. The van der Waals surface area contributed by atoms with Gasteiger partial charge in [-0.3, -0.25) is 4.79 Å². The molecule has 0 radical (unpaired) electrons. The molecule has 0 bridgehead atoms. The van der Waals surface area contributed by atoms with Crippen molar-refractivity contribution in [1.29, 1.82) is 0 Å². The number of hydrogen-bond acceptors (Lipinski definition) is 3. The van der Waals surface area contributed by atoms with E-state index in [0.717, 1.165) is 10.8 Å². The van der Waals surface area contributed by atoms with Crippen LogP contribution in [0.4, 0.5) is 0 Å². The van der Waals surface area contributed by atoms with Gasteiger partial charge in [0.15, 0.2) is 6.61 Å². The normalized spacial score (nSPS) is 10.4. The maximum absolute atomic E-state index is 12.3. The van der Waals surface area contributed by atoms with E-state index in [9.17, 15) is 9.59 Å². The highest BCUT2D eigenvalue weighted by atomic mass is 16.5. The highest BCUT2D eigenvalue weighted by Gasteiger charge is 2.13. The van der Waals surface area contributed by atoms with Gasteiger partial charge in [-0.15, -0.1) is 0 Å². The van der Waals surface area contributed by atoms with Gasteiger partial charge in [0.05, 0.1) is 5.56 Å². The lowest BCUT2D eigenvalue weighted by atomic mass is 10.0. The molecule has 0 saturated heterocycles. The van der Waals surface area contributed by atoms with Crippen LogP contribution in [0.2, 0.25) is 0 Å². The standard InChI is InChI=1S/C19H14O3/c20-18(13-22-19(21)15-8-2-1-3-9-15)17-12-6-10-14-7-4-5-11-16(14)17/h1-12H,13H2. The van der Waals surface area contributed by atoms with Crippen molar-refractivity contribution in [3.8, 4) is 0 Å². The lowest BCUT2D eigenvalue weighted by Gasteiger charge is -2.07. The van der Waals surface area contributed by atoms with Crippen molar-refractivity contribution in [3.63, 3.8) is 0 Å².